The molecule has 0 aliphatic rings. The normalized spacial score (nSPS) is 10.5. The van der Waals surface area contributed by atoms with Gasteiger partial charge in [-0.3, -0.25) is 9.69 Å². The van der Waals surface area contributed by atoms with Crippen LogP contribution in [0.1, 0.15) is 13.3 Å². The molecule has 0 unspecified atom stereocenters. The fourth-order valence-electron chi connectivity index (χ4n) is 1.77. The summed E-state index contributed by atoms with van der Waals surface area (Å²) in [5, 5.41) is 2.95. The lowest BCUT2D eigenvalue weighted by Gasteiger charge is -2.19. The van der Waals surface area contributed by atoms with Crippen molar-refractivity contribution in [2.24, 2.45) is 0 Å². The highest BCUT2D eigenvalue weighted by Crippen LogP contribution is 2.10. The highest BCUT2D eigenvalue weighted by molar-refractivity contribution is 5.77. The zero-order valence-corrected chi connectivity index (χ0v) is 12.2. The molecule has 0 aliphatic heterocycles. The van der Waals surface area contributed by atoms with Crippen molar-refractivity contribution >= 4 is 11.6 Å². The van der Waals surface area contributed by atoms with Crippen LogP contribution in [0.15, 0.2) is 30.3 Å². The maximum Gasteiger partial charge on any atom is 0.234 e. The number of likely N-dealkylation sites (N-methyl/N-ethyl adjacent to an activating group) is 1. The number of amides is 1. The molecule has 0 radical (unpaired) electrons. The molecular formula is C15H25N3O. The molecule has 0 heterocycles. The predicted molar refractivity (Wildman–Crippen MR) is 80.5 cm³/mol. The second kappa shape index (κ2) is 8.53. The molecule has 1 amide bonds. The summed E-state index contributed by atoms with van der Waals surface area (Å²) in [6.07, 6.45) is 0.951. The van der Waals surface area contributed by atoms with Gasteiger partial charge in [0.05, 0.1) is 6.54 Å². The molecule has 0 bridgehead atoms. The molecule has 0 saturated carbocycles. The predicted octanol–water partition coefficient (Wildman–Crippen LogP) is 1.58. The first-order chi connectivity index (χ1) is 9.13. The van der Waals surface area contributed by atoms with E-state index in [1.165, 1.54) is 5.69 Å². The lowest BCUT2D eigenvalue weighted by atomic mass is 10.3. The van der Waals surface area contributed by atoms with Crippen molar-refractivity contribution in [2.75, 3.05) is 45.2 Å². The molecule has 0 spiro atoms. The molecule has 4 heteroatoms. The fourth-order valence-corrected chi connectivity index (χ4v) is 1.77. The molecule has 4 nitrogen and oxygen atoms in total. The van der Waals surface area contributed by atoms with Crippen LogP contribution in [-0.4, -0.2) is 51.1 Å². The van der Waals surface area contributed by atoms with Gasteiger partial charge in [-0.05, 0) is 32.1 Å². The Morgan fingerprint density at radius 2 is 1.89 bits per heavy atom. The van der Waals surface area contributed by atoms with Gasteiger partial charge in [-0.25, -0.2) is 0 Å². The summed E-state index contributed by atoms with van der Waals surface area (Å²) in [5.74, 6) is 0.103. The first kappa shape index (κ1) is 15.5. The molecule has 1 N–H and O–H groups in total. The van der Waals surface area contributed by atoms with Crippen molar-refractivity contribution in [3.8, 4) is 0 Å². The van der Waals surface area contributed by atoms with E-state index in [4.69, 9.17) is 0 Å². The Kier molecular flexibility index (Phi) is 6.97. The number of hydrogen-bond acceptors (Lipinski definition) is 3. The van der Waals surface area contributed by atoms with Crippen LogP contribution in [0, 0.1) is 0 Å². The van der Waals surface area contributed by atoms with Gasteiger partial charge in [0, 0.05) is 25.8 Å². The summed E-state index contributed by atoms with van der Waals surface area (Å²) in [4.78, 5) is 15.8. The van der Waals surface area contributed by atoms with Crippen molar-refractivity contribution in [1.82, 2.24) is 10.2 Å². The van der Waals surface area contributed by atoms with E-state index in [0.717, 1.165) is 26.1 Å². The highest BCUT2D eigenvalue weighted by Gasteiger charge is 2.04. The number of carbonyl (C=O) groups excluding carboxylic acids is 1. The van der Waals surface area contributed by atoms with E-state index >= 15 is 0 Å². The summed E-state index contributed by atoms with van der Waals surface area (Å²) in [6.45, 7) is 5.08. The molecule has 1 rings (SSSR count). The maximum atomic E-state index is 11.6. The smallest absolute Gasteiger partial charge is 0.234 e. The summed E-state index contributed by atoms with van der Waals surface area (Å²) >= 11 is 0. The van der Waals surface area contributed by atoms with E-state index in [1.807, 2.05) is 37.1 Å². The summed E-state index contributed by atoms with van der Waals surface area (Å²) in [5.41, 5.74) is 1.21. The first-order valence-corrected chi connectivity index (χ1v) is 6.85. The lowest BCUT2D eigenvalue weighted by Crippen LogP contribution is -2.36. The van der Waals surface area contributed by atoms with Crippen LogP contribution >= 0.6 is 0 Å². The molecule has 1 aromatic rings. The minimum Gasteiger partial charge on any atom is -0.375 e. The van der Waals surface area contributed by atoms with Crippen LogP contribution in [0.25, 0.3) is 0 Å². The third-order valence-electron chi connectivity index (χ3n) is 3.14. The van der Waals surface area contributed by atoms with Crippen molar-refractivity contribution < 1.29 is 4.79 Å². The molecule has 0 aromatic heterocycles. The van der Waals surface area contributed by atoms with E-state index < -0.39 is 0 Å². The largest absolute Gasteiger partial charge is 0.375 e. The van der Waals surface area contributed by atoms with Gasteiger partial charge in [-0.2, -0.15) is 0 Å². The molecule has 0 aliphatic carbocycles. The van der Waals surface area contributed by atoms with Gasteiger partial charge < -0.3 is 10.2 Å². The van der Waals surface area contributed by atoms with Gasteiger partial charge in [0.15, 0.2) is 0 Å². The second-order valence-electron chi connectivity index (χ2n) is 4.79. The number of carbonyl (C=O) groups is 1. The Morgan fingerprint density at radius 1 is 1.21 bits per heavy atom. The number of nitrogens with one attached hydrogen (secondary N) is 1. The minimum atomic E-state index is 0.103. The molecule has 106 valence electrons. The van der Waals surface area contributed by atoms with Crippen LogP contribution in [0.4, 0.5) is 5.69 Å². The summed E-state index contributed by atoms with van der Waals surface area (Å²) < 4.78 is 0. The SMILES string of the molecule is CCN(C)CC(=O)NCCCN(C)c1ccccc1. The Morgan fingerprint density at radius 3 is 2.53 bits per heavy atom. The van der Waals surface area contributed by atoms with Crippen LogP contribution in [0.3, 0.4) is 0 Å². The average Bonchev–Trinajstić information content (AvgIpc) is 2.44. The van der Waals surface area contributed by atoms with Crippen molar-refractivity contribution in [3.05, 3.63) is 30.3 Å². The molecule has 0 saturated heterocycles. The second-order valence-corrected chi connectivity index (χ2v) is 4.79. The number of hydrogen-bond donors (Lipinski definition) is 1. The van der Waals surface area contributed by atoms with Gasteiger partial charge in [-0.15, -0.1) is 0 Å². The highest BCUT2D eigenvalue weighted by atomic mass is 16.2. The molecular weight excluding hydrogens is 238 g/mol. The molecule has 1 aromatic carbocycles. The average molecular weight is 263 g/mol. The number of anilines is 1. The fraction of sp³-hybridized carbons (Fsp3) is 0.533. The van der Waals surface area contributed by atoms with E-state index in [2.05, 4.69) is 29.4 Å². The van der Waals surface area contributed by atoms with Gasteiger partial charge >= 0.3 is 0 Å². The third-order valence-corrected chi connectivity index (χ3v) is 3.14. The van der Waals surface area contributed by atoms with E-state index in [9.17, 15) is 4.79 Å². The van der Waals surface area contributed by atoms with Gasteiger partial charge in [0.2, 0.25) is 5.91 Å². The zero-order chi connectivity index (χ0) is 14.1. The van der Waals surface area contributed by atoms with Crippen LogP contribution in [-0.2, 0) is 4.79 Å². The van der Waals surface area contributed by atoms with Crippen molar-refractivity contribution in [3.63, 3.8) is 0 Å². The third kappa shape index (κ3) is 6.25. The maximum absolute atomic E-state index is 11.6. The van der Waals surface area contributed by atoms with Crippen LogP contribution in [0.5, 0.6) is 0 Å². The van der Waals surface area contributed by atoms with Crippen molar-refractivity contribution in [2.45, 2.75) is 13.3 Å². The standard InChI is InChI=1S/C15H25N3O/c1-4-17(2)13-15(19)16-11-8-12-18(3)14-9-6-5-7-10-14/h5-7,9-10H,4,8,11-13H2,1-3H3,(H,16,19). The Hall–Kier alpha value is -1.55. The summed E-state index contributed by atoms with van der Waals surface area (Å²) in [7, 11) is 4.02. The molecule has 19 heavy (non-hydrogen) atoms. The number of para-hydroxylation sites is 1. The molecule has 0 fully saturated rings. The van der Waals surface area contributed by atoms with Gasteiger partial charge in [0.1, 0.15) is 0 Å². The van der Waals surface area contributed by atoms with Crippen LogP contribution < -0.4 is 10.2 Å². The summed E-state index contributed by atoms with van der Waals surface area (Å²) in [6, 6.07) is 10.3. The molecule has 0 atom stereocenters. The topological polar surface area (TPSA) is 35.6 Å². The Bertz CT molecular complexity index is 367. The van der Waals surface area contributed by atoms with Gasteiger partial charge in [-0.1, -0.05) is 25.1 Å². The Balaban J connectivity index is 2.15. The van der Waals surface area contributed by atoms with E-state index in [0.29, 0.717) is 6.54 Å². The number of rotatable bonds is 8. The number of nitrogens with zero attached hydrogens (tertiary/aromatic N) is 2. The lowest BCUT2D eigenvalue weighted by molar-refractivity contribution is -0.121. The zero-order valence-electron chi connectivity index (χ0n) is 12.2. The number of benzene rings is 1. The monoisotopic (exact) mass is 263 g/mol. The van der Waals surface area contributed by atoms with E-state index in [-0.39, 0.29) is 5.91 Å². The Labute approximate surface area is 116 Å². The van der Waals surface area contributed by atoms with Gasteiger partial charge in [0.25, 0.3) is 0 Å². The first-order valence-electron chi connectivity index (χ1n) is 6.85. The minimum absolute atomic E-state index is 0.103. The van der Waals surface area contributed by atoms with E-state index in [1.54, 1.807) is 0 Å². The quantitative estimate of drug-likeness (QED) is 0.723. The van der Waals surface area contributed by atoms with Crippen LogP contribution in [0.2, 0.25) is 0 Å². The van der Waals surface area contributed by atoms with Crippen molar-refractivity contribution in [1.29, 1.82) is 0 Å².